The molecule has 0 saturated carbocycles. The van der Waals surface area contributed by atoms with E-state index in [2.05, 4.69) is 0 Å². The first kappa shape index (κ1) is 8.10. The third kappa shape index (κ3) is 1.16. The summed E-state index contributed by atoms with van der Waals surface area (Å²) in [6.07, 6.45) is 0.551. The van der Waals surface area contributed by atoms with Gasteiger partial charge in [-0.05, 0) is 11.6 Å². The number of carbonyl (C=O) groups excluding carboxylic acids is 1. The van der Waals surface area contributed by atoms with Gasteiger partial charge in [-0.25, -0.2) is 0 Å². The third-order valence-corrected chi connectivity index (χ3v) is 2.52. The molecule has 0 aromatic heterocycles. The van der Waals surface area contributed by atoms with Gasteiger partial charge in [0.05, 0.1) is 12.0 Å². The quantitative estimate of drug-likeness (QED) is 0.595. The fraction of sp³-hybridized carbons (Fsp3) is 0.300. The molecular formula is C10H10NO2-. The lowest BCUT2D eigenvalue weighted by Crippen LogP contribution is -2.44. The van der Waals surface area contributed by atoms with Crippen LogP contribution < -0.4 is 10.0 Å². The molecule has 0 saturated heterocycles. The van der Waals surface area contributed by atoms with Crippen LogP contribution in [0.4, 0.5) is 5.69 Å². The Kier molecular flexibility index (Phi) is 1.72. The zero-order chi connectivity index (χ0) is 9.42. The van der Waals surface area contributed by atoms with E-state index in [4.69, 9.17) is 0 Å². The molecule has 1 heterocycles. The summed E-state index contributed by atoms with van der Waals surface area (Å²) in [6, 6.07) is 7.21. The van der Waals surface area contributed by atoms with Crippen LogP contribution in [0.2, 0.25) is 0 Å². The van der Waals surface area contributed by atoms with Crippen molar-refractivity contribution in [2.24, 2.45) is 0 Å². The van der Waals surface area contributed by atoms with Crippen LogP contribution in [0.15, 0.2) is 24.3 Å². The van der Waals surface area contributed by atoms with Crippen LogP contribution in [-0.4, -0.2) is 19.1 Å². The van der Waals surface area contributed by atoms with Crippen LogP contribution in [0.1, 0.15) is 5.56 Å². The zero-order valence-corrected chi connectivity index (χ0v) is 7.36. The van der Waals surface area contributed by atoms with Crippen LogP contribution >= 0.6 is 0 Å². The van der Waals surface area contributed by atoms with Crippen molar-refractivity contribution in [1.29, 1.82) is 0 Å². The van der Waals surface area contributed by atoms with Crippen molar-refractivity contribution in [3.8, 4) is 0 Å². The Balaban J connectivity index is 2.38. The van der Waals surface area contributed by atoms with Gasteiger partial charge in [0.25, 0.3) is 0 Å². The Hall–Kier alpha value is -1.51. The number of hydrogen-bond acceptors (Lipinski definition) is 3. The number of anilines is 1. The maximum atomic E-state index is 10.7. The summed E-state index contributed by atoms with van der Waals surface area (Å²) >= 11 is 0. The van der Waals surface area contributed by atoms with Gasteiger partial charge in [-0.15, -0.1) is 0 Å². The van der Waals surface area contributed by atoms with Crippen molar-refractivity contribution >= 4 is 11.7 Å². The average molecular weight is 176 g/mol. The first-order valence-corrected chi connectivity index (χ1v) is 4.22. The summed E-state index contributed by atoms with van der Waals surface area (Å²) in [5, 5.41) is 10.7. The molecule has 1 unspecified atom stereocenters. The predicted molar refractivity (Wildman–Crippen MR) is 47.3 cm³/mol. The molecule has 1 aliphatic heterocycles. The molecule has 0 aliphatic carbocycles. The number of benzene rings is 1. The number of hydrogen-bond donors (Lipinski definition) is 0. The van der Waals surface area contributed by atoms with E-state index >= 15 is 0 Å². The van der Waals surface area contributed by atoms with Crippen molar-refractivity contribution in [2.45, 2.75) is 12.5 Å². The smallest absolute Gasteiger partial charge is 0.0725 e. The molecule has 0 amide bonds. The Morgan fingerprint density at radius 2 is 2.23 bits per heavy atom. The van der Waals surface area contributed by atoms with Gasteiger partial charge in [-0.1, -0.05) is 18.2 Å². The number of aliphatic carboxylic acids is 1. The molecular weight excluding hydrogens is 166 g/mol. The maximum absolute atomic E-state index is 10.7. The van der Waals surface area contributed by atoms with E-state index < -0.39 is 12.0 Å². The van der Waals surface area contributed by atoms with Gasteiger partial charge in [0.2, 0.25) is 0 Å². The van der Waals surface area contributed by atoms with Crippen molar-refractivity contribution in [3.63, 3.8) is 0 Å². The van der Waals surface area contributed by atoms with E-state index in [0.717, 1.165) is 11.3 Å². The highest BCUT2D eigenvalue weighted by Crippen LogP contribution is 2.29. The highest BCUT2D eigenvalue weighted by Gasteiger charge is 2.26. The number of carbonyl (C=O) groups is 1. The summed E-state index contributed by atoms with van der Waals surface area (Å²) < 4.78 is 0. The molecule has 3 heteroatoms. The van der Waals surface area contributed by atoms with Crippen LogP contribution in [-0.2, 0) is 11.2 Å². The number of fused-ring (bicyclic) bond motifs is 1. The van der Waals surface area contributed by atoms with E-state index in [1.165, 1.54) is 0 Å². The first-order valence-electron chi connectivity index (χ1n) is 4.22. The largest absolute Gasteiger partial charge is 0.548 e. The number of carboxylic acid groups (broad SMARTS) is 1. The molecule has 1 atom stereocenters. The van der Waals surface area contributed by atoms with Gasteiger partial charge >= 0.3 is 0 Å². The van der Waals surface area contributed by atoms with E-state index in [9.17, 15) is 9.90 Å². The van der Waals surface area contributed by atoms with E-state index in [-0.39, 0.29) is 0 Å². The lowest BCUT2D eigenvalue weighted by molar-refractivity contribution is -0.307. The second-order valence-corrected chi connectivity index (χ2v) is 3.28. The fourth-order valence-electron chi connectivity index (χ4n) is 1.78. The second kappa shape index (κ2) is 2.76. The van der Waals surface area contributed by atoms with Crippen LogP contribution in [0, 0.1) is 0 Å². The Morgan fingerprint density at radius 1 is 1.54 bits per heavy atom. The summed E-state index contributed by atoms with van der Waals surface area (Å²) in [5.41, 5.74) is 2.08. The molecule has 68 valence electrons. The normalized spacial score (nSPS) is 20.1. The molecule has 1 aliphatic rings. The van der Waals surface area contributed by atoms with Gasteiger partial charge in [-0.3, -0.25) is 0 Å². The summed E-state index contributed by atoms with van der Waals surface area (Å²) in [7, 11) is 1.78. The molecule has 3 nitrogen and oxygen atoms in total. The molecule has 0 bridgehead atoms. The highest BCUT2D eigenvalue weighted by atomic mass is 16.4. The fourth-order valence-corrected chi connectivity index (χ4v) is 1.78. The topological polar surface area (TPSA) is 43.4 Å². The highest BCUT2D eigenvalue weighted by molar-refractivity contribution is 5.80. The standard InChI is InChI=1S/C10H11NO2/c1-11-8-5-3-2-4-7(8)6-9(11)10(12)13/h2-5,9H,6H2,1H3,(H,12,13)/p-1. The van der Waals surface area contributed by atoms with Crippen molar-refractivity contribution in [3.05, 3.63) is 29.8 Å². The third-order valence-electron chi connectivity index (χ3n) is 2.52. The van der Waals surface area contributed by atoms with E-state index in [1.807, 2.05) is 24.3 Å². The summed E-state index contributed by atoms with van der Waals surface area (Å²) in [5.74, 6) is -1.00. The number of likely N-dealkylation sites (N-methyl/N-ethyl adjacent to an activating group) is 1. The van der Waals surface area contributed by atoms with Crippen LogP contribution in [0.3, 0.4) is 0 Å². The van der Waals surface area contributed by atoms with Crippen LogP contribution in [0.25, 0.3) is 0 Å². The SMILES string of the molecule is CN1c2ccccc2CC1C(=O)[O-]. The second-order valence-electron chi connectivity index (χ2n) is 3.28. The number of carboxylic acids is 1. The Bertz CT molecular complexity index is 349. The first-order chi connectivity index (χ1) is 6.20. The van der Waals surface area contributed by atoms with Gasteiger partial charge in [0.15, 0.2) is 0 Å². The number of nitrogens with zero attached hydrogens (tertiary/aromatic N) is 1. The van der Waals surface area contributed by atoms with Crippen molar-refractivity contribution < 1.29 is 9.90 Å². The van der Waals surface area contributed by atoms with Crippen molar-refractivity contribution in [2.75, 3.05) is 11.9 Å². The molecule has 0 N–H and O–H groups in total. The average Bonchev–Trinajstić information content (AvgIpc) is 2.45. The van der Waals surface area contributed by atoms with Gasteiger partial charge in [0.1, 0.15) is 0 Å². The van der Waals surface area contributed by atoms with E-state index in [0.29, 0.717) is 6.42 Å². The van der Waals surface area contributed by atoms with E-state index in [1.54, 1.807) is 11.9 Å². The van der Waals surface area contributed by atoms with Gasteiger partial charge in [0, 0.05) is 19.2 Å². The molecule has 0 fully saturated rings. The number of para-hydroxylation sites is 1. The maximum Gasteiger partial charge on any atom is 0.0725 e. The number of rotatable bonds is 1. The molecule has 1 aromatic carbocycles. The van der Waals surface area contributed by atoms with Crippen molar-refractivity contribution in [1.82, 2.24) is 0 Å². The minimum Gasteiger partial charge on any atom is -0.548 e. The Labute approximate surface area is 76.6 Å². The molecule has 0 spiro atoms. The Morgan fingerprint density at radius 3 is 2.85 bits per heavy atom. The lowest BCUT2D eigenvalue weighted by atomic mass is 10.1. The lowest BCUT2D eigenvalue weighted by Gasteiger charge is -2.22. The van der Waals surface area contributed by atoms with Gasteiger partial charge < -0.3 is 14.8 Å². The minimum atomic E-state index is -1.00. The molecule has 0 radical (unpaired) electrons. The predicted octanol–water partition coefficient (Wildman–Crippen LogP) is -0.203. The summed E-state index contributed by atoms with van der Waals surface area (Å²) in [4.78, 5) is 12.5. The molecule has 2 rings (SSSR count). The summed E-state index contributed by atoms with van der Waals surface area (Å²) in [6.45, 7) is 0. The molecule has 1 aromatic rings. The van der Waals surface area contributed by atoms with Gasteiger partial charge in [-0.2, -0.15) is 0 Å². The minimum absolute atomic E-state index is 0.502. The monoisotopic (exact) mass is 176 g/mol. The molecule has 13 heavy (non-hydrogen) atoms. The van der Waals surface area contributed by atoms with Crippen LogP contribution in [0.5, 0.6) is 0 Å². The zero-order valence-electron chi connectivity index (χ0n) is 7.36.